The highest BCUT2D eigenvalue weighted by Gasteiger charge is 2.49. The summed E-state index contributed by atoms with van der Waals surface area (Å²) in [6, 6.07) is 17.7. The van der Waals surface area contributed by atoms with Crippen LogP contribution in [0.1, 0.15) is 45.9 Å². The van der Waals surface area contributed by atoms with Crippen molar-refractivity contribution in [2.45, 2.75) is 64.9 Å². The average Bonchev–Trinajstić information content (AvgIpc) is 3.08. The molecule has 1 aliphatic rings. The second kappa shape index (κ2) is 8.65. The maximum atomic E-state index is 13.1. The summed E-state index contributed by atoms with van der Waals surface area (Å²) in [4.78, 5) is 24.6. The maximum absolute atomic E-state index is 13.1. The van der Waals surface area contributed by atoms with E-state index < -0.39 is 23.3 Å². The van der Waals surface area contributed by atoms with E-state index in [2.05, 4.69) is 4.98 Å². The highest BCUT2D eigenvalue weighted by atomic mass is 16.6. The van der Waals surface area contributed by atoms with Gasteiger partial charge in [-0.15, -0.1) is 0 Å². The number of fused-ring (bicyclic) bond motifs is 2. The van der Waals surface area contributed by atoms with Gasteiger partial charge in [-0.3, -0.25) is 9.74 Å². The summed E-state index contributed by atoms with van der Waals surface area (Å²) >= 11 is 0. The molecular weight excluding hydrogens is 418 g/mol. The number of hydrogen-bond donors (Lipinski definition) is 1. The zero-order valence-electron chi connectivity index (χ0n) is 19.8. The molecule has 0 fully saturated rings. The smallest absolute Gasteiger partial charge is 0.415 e. The van der Waals surface area contributed by atoms with Gasteiger partial charge in [-0.05, 0) is 70.5 Å². The van der Waals surface area contributed by atoms with Gasteiger partial charge in [0.15, 0.2) is 0 Å². The Morgan fingerprint density at radius 1 is 1.18 bits per heavy atom. The maximum Gasteiger partial charge on any atom is 0.415 e. The first-order chi connectivity index (χ1) is 15.6. The lowest BCUT2D eigenvalue weighted by molar-refractivity contribution is 0.00747. The summed E-state index contributed by atoms with van der Waals surface area (Å²) in [6.45, 7) is 9.69. The predicted octanol–water partition coefficient (Wildman–Crippen LogP) is 5.15. The van der Waals surface area contributed by atoms with Crippen LogP contribution in [0.5, 0.6) is 5.75 Å². The van der Waals surface area contributed by atoms with Gasteiger partial charge in [-0.25, -0.2) is 15.7 Å². The number of carbonyl (C=O) groups is 1. The van der Waals surface area contributed by atoms with Crippen LogP contribution in [0.2, 0.25) is 0 Å². The van der Waals surface area contributed by atoms with Crippen LogP contribution in [0, 0.1) is 0 Å². The van der Waals surface area contributed by atoms with Crippen LogP contribution in [0.4, 0.5) is 10.5 Å². The Morgan fingerprint density at radius 3 is 2.67 bits per heavy atom. The van der Waals surface area contributed by atoms with Crippen LogP contribution in [-0.2, 0) is 22.6 Å². The molecule has 2 atom stereocenters. The average molecular weight is 450 g/mol. The molecule has 2 heterocycles. The minimum Gasteiger partial charge on any atom is -0.487 e. The number of pyridine rings is 1. The number of anilines is 1. The molecule has 1 aliphatic heterocycles. The Labute approximate surface area is 194 Å². The fourth-order valence-corrected chi connectivity index (χ4v) is 4.18. The summed E-state index contributed by atoms with van der Waals surface area (Å²) in [5.41, 5.74) is 2.20. The number of nitrogens with two attached hydrogens (primary N) is 1. The number of rotatable bonds is 5. The Bertz CT molecular complexity index is 1170. The van der Waals surface area contributed by atoms with E-state index in [4.69, 9.17) is 20.2 Å². The molecule has 1 amide bonds. The van der Waals surface area contributed by atoms with E-state index in [0.717, 1.165) is 27.8 Å². The number of hydrogen-bond acceptors (Lipinski definition) is 6. The molecule has 0 saturated heterocycles. The van der Waals surface area contributed by atoms with Gasteiger partial charge in [0.1, 0.15) is 18.0 Å². The standard InChI is InChI=1S/C26H31N3O4/c1-17(33-27)26(5)15-19-14-21(12-13-23(19)29(26)24(30)32-25(2,3)4)31-16-20-11-10-18-8-6-7-9-22(18)28-20/h6-14,17H,15-16,27H2,1-5H3. The van der Waals surface area contributed by atoms with Crippen LogP contribution in [0.15, 0.2) is 54.6 Å². The number of amides is 1. The van der Waals surface area contributed by atoms with Gasteiger partial charge in [0.25, 0.3) is 0 Å². The third-order valence-corrected chi connectivity index (χ3v) is 6.05. The highest BCUT2D eigenvalue weighted by Crippen LogP contribution is 2.43. The van der Waals surface area contributed by atoms with Crippen molar-refractivity contribution in [3.8, 4) is 5.75 Å². The third-order valence-electron chi connectivity index (χ3n) is 6.05. The molecule has 2 unspecified atom stereocenters. The lowest BCUT2D eigenvalue weighted by Crippen LogP contribution is -2.57. The molecule has 0 spiro atoms. The van der Waals surface area contributed by atoms with E-state index in [-0.39, 0.29) is 0 Å². The Balaban J connectivity index is 1.58. The number of para-hydroxylation sites is 1. The van der Waals surface area contributed by atoms with E-state index in [1.54, 1.807) is 4.90 Å². The van der Waals surface area contributed by atoms with Crippen LogP contribution in [0.3, 0.4) is 0 Å². The van der Waals surface area contributed by atoms with Gasteiger partial charge < -0.3 is 9.47 Å². The minimum atomic E-state index is -0.696. The number of benzene rings is 2. The lowest BCUT2D eigenvalue weighted by Gasteiger charge is -2.39. The van der Waals surface area contributed by atoms with Crippen molar-refractivity contribution in [3.05, 3.63) is 65.9 Å². The summed E-state index contributed by atoms with van der Waals surface area (Å²) in [6.07, 6.45) is -0.281. The molecule has 0 bridgehead atoms. The molecule has 2 N–H and O–H groups in total. The number of carbonyl (C=O) groups excluding carboxylic acids is 1. The van der Waals surface area contributed by atoms with Crippen molar-refractivity contribution in [1.82, 2.24) is 4.98 Å². The Morgan fingerprint density at radius 2 is 1.94 bits per heavy atom. The molecule has 1 aromatic heterocycles. The number of ether oxygens (including phenoxy) is 2. The van der Waals surface area contributed by atoms with Crippen molar-refractivity contribution >= 4 is 22.7 Å². The van der Waals surface area contributed by atoms with Gasteiger partial charge in [0.2, 0.25) is 0 Å². The van der Waals surface area contributed by atoms with Crippen LogP contribution < -0.4 is 15.5 Å². The van der Waals surface area contributed by atoms with Crippen molar-refractivity contribution in [1.29, 1.82) is 0 Å². The highest BCUT2D eigenvalue weighted by molar-refractivity contribution is 5.93. The first-order valence-electron chi connectivity index (χ1n) is 11.1. The molecule has 0 saturated carbocycles. The fourth-order valence-electron chi connectivity index (χ4n) is 4.18. The van der Waals surface area contributed by atoms with E-state index in [1.165, 1.54) is 0 Å². The summed E-state index contributed by atoms with van der Waals surface area (Å²) in [5.74, 6) is 6.24. The van der Waals surface area contributed by atoms with E-state index in [9.17, 15) is 4.79 Å². The second-order valence-electron chi connectivity index (χ2n) is 9.70. The second-order valence-corrected chi connectivity index (χ2v) is 9.70. The first kappa shape index (κ1) is 23.0. The fraction of sp³-hybridized carbons (Fsp3) is 0.385. The monoisotopic (exact) mass is 449 g/mol. The SMILES string of the molecule is CC(ON)C1(C)Cc2cc(OCc3ccc4ccccc4n3)ccc2N1C(=O)OC(C)(C)C. The molecule has 2 aromatic carbocycles. The zero-order chi connectivity index (χ0) is 23.8. The van der Waals surface area contributed by atoms with Crippen LogP contribution >= 0.6 is 0 Å². The first-order valence-corrected chi connectivity index (χ1v) is 11.1. The Hall–Kier alpha value is -3.16. The van der Waals surface area contributed by atoms with Gasteiger partial charge in [-0.2, -0.15) is 0 Å². The van der Waals surface area contributed by atoms with E-state index >= 15 is 0 Å². The van der Waals surface area contributed by atoms with Crippen molar-refractivity contribution in [2.24, 2.45) is 5.90 Å². The van der Waals surface area contributed by atoms with Crippen molar-refractivity contribution < 1.29 is 19.1 Å². The minimum absolute atomic E-state index is 0.346. The lowest BCUT2D eigenvalue weighted by atomic mass is 9.91. The summed E-state index contributed by atoms with van der Waals surface area (Å²) in [5, 5.41) is 1.09. The molecular formula is C26H31N3O4. The number of aromatic nitrogens is 1. The molecule has 33 heavy (non-hydrogen) atoms. The topological polar surface area (TPSA) is 86.9 Å². The van der Waals surface area contributed by atoms with E-state index in [0.29, 0.717) is 18.8 Å². The van der Waals surface area contributed by atoms with Crippen LogP contribution in [-0.4, -0.2) is 28.3 Å². The Kier molecular flexibility index (Phi) is 6.03. The van der Waals surface area contributed by atoms with E-state index in [1.807, 2.05) is 89.2 Å². The molecule has 0 radical (unpaired) electrons. The van der Waals surface area contributed by atoms with Crippen LogP contribution in [0.25, 0.3) is 10.9 Å². The molecule has 3 aromatic rings. The van der Waals surface area contributed by atoms with Gasteiger partial charge >= 0.3 is 6.09 Å². The number of nitrogens with zero attached hydrogens (tertiary/aromatic N) is 2. The molecule has 0 aliphatic carbocycles. The quantitative estimate of drug-likeness (QED) is 0.542. The molecule has 7 heteroatoms. The zero-order valence-corrected chi connectivity index (χ0v) is 19.8. The third kappa shape index (κ3) is 4.65. The van der Waals surface area contributed by atoms with Gasteiger partial charge in [-0.1, -0.05) is 24.3 Å². The molecule has 174 valence electrons. The summed E-state index contributed by atoms with van der Waals surface area (Å²) in [7, 11) is 0. The largest absolute Gasteiger partial charge is 0.487 e. The van der Waals surface area contributed by atoms with Crippen molar-refractivity contribution in [3.63, 3.8) is 0 Å². The normalized spacial score (nSPS) is 18.8. The van der Waals surface area contributed by atoms with Crippen molar-refractivity contribution in [2.75, 3.05) is 4.90 Å². The van der Waals surface area contributed by atoms with Gasteiger partial charge in [0.05, 0.1) is 28.5 Å². The molecule has 4 rings (SSSR count). The van der Waals surface area contributed by atoms with Gasteiger partial charge in [0, 0.05) is 11.8 Å². The summed E-state index contributed by atoms with van der Waals surface area (Å²) < 4.78 is 11.7. The molecule has 7 nitrogen and oxygen atoms in total. The predicted molar refractivity (Wildman–Crippen MR) is 128 cm³/mol.